The fraction of sp³-hybridized carbons (Fsp3) is 0.308. The molecule has 1 unspecified atom stereocenters. The summed E-state index contributed by atoms with van der Waals surface area (Å²) in [4.78, 5) is 22.9. The predicted octanol–water partition coefficient (Wildman–Crippen LogP) is 1.64. The number of rotatable bonds is 2. The van der Waals surface area contributed by atoms with Gasteiger partial charge in [0.1, 0.15) is 6.07 Å². The van der Waals surface area contributed by atoms with Crippen LogP contribution in [-0.4, -0.2) is 18.0 Å². The Labute approximate surface area is 104 Å². The number of nitrogens with one attached hydrogen (secondary N) is 1. The summed E-state index contributed by atoms with van der Waals surface area (Å²) >= 11 is 0. The minimum Gasteiger partial charge on any atom is -0.444 e. The van der Waals surface area contributed by atoms with Crippen molar-refractivity contribution < 1.29 is 14.3 Å². The molecule has 0 fully saturated rings. The summed E-state index contributed by atoms with van der Waals surface area (Å²) in [7, 11) is 0. The van der Waals surface area contributed by atoms with Gasteiger partial charge in [-0.2, -0.15) is 5.26 Å². The lowest BCUT2D eigenvalue weighted by Crippen LogP contribution is -2.20. The van der Waals surface area contributed by atoms with Gasteiger partial charge in [-0.05, 0) is 37.1 Å². The summed E-state index contributed by atoms with van der Waals surface area (Å²) in [6.07, 6.45) is 0.254. The van der Waals surface area contributed by atoms with Crippen LogP contribution in [0.2, 0.25) is 0 Å². The molecule has 5 heteroatoms. The van der Waals surface area contributed by atoms with Gasteiger partial charge >= 0.3 is 5.97 Å². The van der Waals surface area contributed by atoms with Crippen LogP contribution in [0.3, 0.4) is 0 Å². The van der Waals surface area contributed by atoms with Crippen LogP contribution >= 0.6 is 0 Å². The first-order valence-corrected chi connectivity index (χ1v) is 5.63. The zero-order chi connectivity index (χ0) is 13.1. The van der Waals surface area contributed by atoms with E-state index in [1.54, 1.807) is 18.2 Å². The topological polar surface area (TPSA) is 79.2 Å². The van der Waals surface area contributed by atoms with E-state index < -0.39 is 12.1 Å². The molecule has 0 saturated carbocycles. The van der Waals surface area contributed by atoms with E-state index >= 15 is 0 Å². The zero-order valence-electron chi connectivity index (χ0n) is 9.90. The van der Waals surface area contributed by atoms with E-state index in [2.05, 4.69) is 5.32 Å². The number of hydrogen-bond donors (Lipinski definition) is 1. The molecule has 1 aliphatic heterocycles. The SMILES string of the molecule is CC(C#N)OC(=O)c1ccc2c(c1)CCC(=O)N2. The number of benzene rings is 1. The molecule has 2 rings (SSSR count). The van der Waals surface area contributed by atoms with Crippen LogP contribution in [0.25, 0.3) is 0 Å². The highest BCUT2D eigenvalue weighted by Gasteiger charge is 2.18. The number of nitrogens with zero attached hydrogens (tertiary/aromatic N) is 1. The van der Waals surface area contributed by atoms with E-state index in [1.807, 2.05) is 6.07 Å². The number of aryl methyl sites for hydroxylation is 1. The van der Waals surface area contributed by atoms with Crippen LogP contribution in [-0.2, 0) is 16.0 Å². The van der Waals surface area contributed by atoms with Gasteiger partial charge in [-0.3, -0.25) is 4.79 Å². The van der Waals surface area contributed by atoms with Crippen LogP contribution in [0, 0.1) is 11.3 Å². The largest absolute Gasteiger partial charge is 0.444 e. The van der Waals surface area contributed by atoms with Crippen LogP contribution < -0.4 is 5.32 Å². The maximum Gasteiger partial charge on any atom is 0.339 e. The van der Waals surface area contributed by atoms with E-state index in [0.29, 0.717) is 18.4 Å². The van der Waals surface area contributed by atoms with E-state index in [1.165, 1.54) is 6.92 Å². The van der Waals surface area contributed by atoms with Gasteiger partial charge in [0.2, 0.25) is 5.91 Å². The van der Waals surface area contributed by atoms with E-state index in [4.69, 9.17) is 10.00 Å². The number of nitriles is 1. The first-order chi connectivity index (χ1) is 8.60. The molecule has 0 saturated heterocycles. The average Bonchev–Trinajstić information content (AvgIpc) is 2.37. The van der Waals surface area contributed by atoms with Crippen molar-refractivity contribution >= 4 is 17.6 Å². The molecule has 0 aliphatic carbocycles. The van der Waals surface area contributed by atoms with Gasteiger partial charge in [0, 0.05) is 12.1 Å². The Kier molecular flexibility index (Phi) is 3.28. The second kappa shape index (κ2) is 4.88. The molecule has 1 atom stereocenters. The Morgan fingerprint density at radius 2 is 2.28 bits per heavy atom. The summed E-state index contributed by atoms with van der Waals surface area (Å²) in [6.45, 7) is 1.51. The van der Waals surface area contributed by atoms with Crippen molar-refractivity contribution in [1.82, 2.24) is 0 Å². The van der Waals surface area contributed by atoms with Gasteiger partial charge in [0.05, 0.1) is 5.56 Å². The van der Waals surface area contributed by atoms with Gasteiger partial charge in [0.25, 0.3) is 0 Å². The van der Waals surface area contributed by atoms with Gasteiger partial charge in [-0.1, -0.05) is 0 Å². The summed E-state index contributed by atoms with van der Waals surface area (Å²) < 4.78 is 4.91. The summed E-state index contributed by atoms with van der Waals surface area (Å²) in [5, 5.41) is 11.3. The Hall–Kier alpha value is -2.35. The number of amides is 1. The quantitative estimate of drug-likeness (QED) is 0.802. The third kappa shape index (κ3) is 2.48. The Balaban J connectivity index is 2.19. The van der Waals surface area contributed by atoms with Gasteiger partial charge < -0.3 is 10.1 Å². The molecule has 5 nitrogen and oxygen atoms in total. The monoisotopic (exact) mass is 244 g/mol. The van der Waals surface area contributed by atoms with Crippen LogP contribution in [0.5, 0.6) is 0 Å². The molecule has 92 valence electrons. The summed E-state index contributed by atoms with van der Waals surface area (Å²) in [6, 6.07) is 6.79. The maximum absolute atomic E-state index is 11.7. The molecule has 1 aromatic rings. The summed E-state index contributed by atoms with van der Waals surface area (Å²) in [5.74, 6) is -0.542. The van der Waals surface area contributed by atoms with E-state index in [9.17, 15) is 9.59 Å². The Bertz CT molecular complexity index is 546. The number of ether oxygens (including phenoxy) is 1. The molecule has 1 N–H and O–H groups in total. The number of carbonyl (C=O) groups is 2. The molecule has 18 heavy (non-hydrogen) atoms. The molecule has 1 heterocycles. The molecular formula is C13H12N2O3. The lowest BCUT2D eigenvalue weighted by atomic mass is 10.0. The number of hydrogen-bond acceptors (Lipinski definition) is 4. The average molecular weight is 244 g/mol. The Morgan fingerprint density at radius 1 is 1.50 bits per heavy atom. The molecule has 0 bridgehead atoms. The molecule has 1 amide bonds. The Morgan fingerprint density at radius 3 is 3.00 bits per heavy atom. The standard InChI is InChI=1S/C13H12N2O3/c1-8(7-14)18-13(17)10-2-4-11-9(6-10)3-5-12(16)15-11/h2,4,6,8H,3,5H2,1H3,(H,15,16). The molecular weight excluding hydrogens is 232 g/mol. The molecule has 0 spiro atoms. The highest BCUT2D eigenvalue weighted by molar-refractivity contribution is 5.96. The first kappa shape index (κ1) is 12.1. The fourth-order valence-corrected chi connectivity index (χ4v) is 1.77. The van der Waals surface area contributed by atoms with Gasteiger partial charge in [-0.25, -0.2) is 4.79 Å². The number of fused-ring (bicyclic) bond motifs is 1. The molecule has 1 aromatic carbocycles. The minimum atomic E-state index is -0.770. The van der Waals surface area contributed by atoms with Crippen molar-refractivity contribution in [3.8, 4) is 6.07 Å². The highest BCUT2D eigenvalue weighted by Crippen LogP contribution is 2.23. The smallest absolute Gasteiger partial charge is 0.339 e. The second-order valence-electron chi connectivity index (χ2n) is 4.10. The van der Waals surface area contributed by atoms with Crippen LogP contribution in [0.4, 0.5) is 5.69 Å². The predicted molar refractivity (Wildman–Crippen MR) is 63.9 cm³/mol. The van der Waals surface area contributed by atoms with Crippen LogP contribution in [0.15, 0.2) is 18.2 Å². The lowest BCUT2D eigenvalue weighted by molar-refractivity contribution is -0.116. The van der Waals surface area contributed by atoms with Crippen molar-refractivity contribution in [3.05, 3.63) is 29.3 Å². The molecule has 0 aromatic heterocycles. The third-order valence-electron chi connectivity index (χ3n) is 2.70. The molecule has 0 radical (unpaired) electrons. The van der Waals surface area contributed by atoms with Gasteiger partial charge in [-0.15, -0.1) is 0 Å². The third-order valence-corrected chi connectivity index (χ3v) is 2.70. The minimum absolute atomic E-state index is 0.0177. The number of carbonyl (C=O) groups excluding carboxylic acids is 2. The van der Waals surface area contributed by atoms with Crippen molar-refractivity contribution in [1.29, 1.82) is 5.26 Å². The van der Waals surface area contributed by atoms with Crippen molar-refractivity contribution in [2.75, 3.05) is 5.32 Å². The zero-order valence-corrected chi connectivity index (χ0v) is 9.90. The fourth-order valence-electron chi connectivity index (χ4n) is 1.77. The number of esters is 1. The maximum atomic E-state index is 11.7. The van der Waals surface area contributed by atoms with Gasteiger partial charge in [0.15, 0.2) is 6.10 Å². The lowest BCUT2D eigenvalue weighted by Gasteiger charge is -2.17. The van der Waals surface area contributed by atoms with Crippen molar-refractivity contribution in [3.63, 3.8) is 0 Å². The normalized spacial score (nSPS) is 15.0. The van der Waals surface area contributed by atoms with Crippen molar-refractivity contribution in [2.24, 2.45) is 0 Å². The van der Waals surface area contributed by atoms with E-state index in [-0.39, 0.29) is 5.91 Å². The highest BCUT2D eigenvalue weighted by atomic mass is 16.5. The first-order valence-electron chi connectivity index (χ1n) is 5.63. The summed E-state index contributed by atoms with van der Waals surface area (Å²) in [5.41, 5.74) is 2.04. The van der Waals surface area contributed by atoms with Crippen LogP contribution in [0.1, 0.15) is 29.3 Å². The molecule has 1 aliphatic rings. The van der Waals surface area contributed by atoms with Crippen molar-refractivity contribution in [2.45, 2.75) is 25.9 Å². The van der Waals surface area contributed by atoms with E-state index in [0.717, 1.165) is 11.3 Å². The number of anilines is 1. The second-order valence-corrected chi connectivity index (χ2v) is 4.10.